The van der Waals surface area contributed by atoms with Crippen molar-refractivity contribution in [2.45, 2.75) is 32.3 Å². The van der Waals surface area contributed by atoms with Crippen molar-refractivity contribution in [1.29, 1.82) is 0 Å². The second kappa shape index (κ2) is 7.55. The van der Waals surface area contributed by atoms with Gasteiger partial charge in [-0.15, -0.1) is 0 Å². The van der Waals surface area contributed by atoms with Crippen molar-refractivity contribution in [3.05, 3.63) is 71.8 Å². The van der Waals surface area contributed by atoms with Crippen LogP contribution in [-0.2, 0) is 11.0 Å². The molecule has 1 unspecified atom stereocenters. The van der Waals surface area contributed by atoms with Crippen LogP contribution in [0.2, 0.25) is 19.6 Å². The zero-order chi connectivity index (χ0) is 15.1. The largest absolute Gasteiger partial charge is 0.409 e. The van der Waals surface area contributed by atoms with E-state index >= 15 is 0 Å². The van der Waals surface area contributed by atoms with Gasteiger partial charge in [-0.25, -0.2) is 0 Å². The van der Waals surface area contributed by atoms with Crippen molar-refractivity contribution < 1.29 is 4.43 Å². The van der Waals surface area contributed by atoms with Crippen LogP contribution < -0.4 is 5.32 Å². The minimum Gasteiger partial charge on any atom is -0.409 e. The SMILES string of the molecule is C[Si](C)(C)OC(CNCc1ccccc1)c1ccccc1. The van der Waals surface area contributed by atoms with Crippen LogP contribution in [0, 0.1) is 0 Å². The van der Waals surface area contributed by atoms with Crippen LogP contribution in [0.15, 0.2) is 60.7 Å². The van der Waals surface area contributed by atoms with Crippen LogP contribution in [-0.4, -0.2) is 14.9 Å². The van der Waals surface area contributed by atoms with Crippen LogP contribution in [0.4, 0.5) is 0 Å². The van der Waals surface area contributed by atoms with Gasteiger partial charge in [0.2, 0.25) is 0 Å². The van der Waals surface area contributed by atoms with Gasteiger partial charge in [-0.05, 0) is 30.8 Å². The third-order valence-electron chi connectivity index (χ3n) is 3.17. The summed E-state index contributed by atoms with van der Waals surface area (Å²) in [6, 6.07) is 21.0. The fourth-order valence-corrected chi connectivity index (χ4v) is 3.34. The molecule has 0 heterocycles. The summed E-state index contributed by atoms with van der Waals surface area (Å²) in [4.78, 5) is 0. The quantitative estimate of drug-likeness (QED) is 0.767. The summed E-state index contributed by atoms with van der Waals surface area (Å²) in [7, 11) is -1.57. The first-order valence-electron chi connectivity index (χ1n) is 7.52. The van der Waals surface area contributed by atoms with Gasteiger partial charge in [0.1, 0.15) is 0 Å². The van der Waals surface area contributed by atoms with Gasteiger partial charge in [0.05, 0.1) is 6.10 Å². The standard InChI is InChI=1S/C18H25NOSi/c1-21(2,3)20-18(17-12-8-5-9-13-17)15-19-14-16-10-6-4-7-11-16/h4-13,18-19H,14-15H2,1-3H3. The van der Waals surface area contributed by atoms with Gasteiger partial charge in [-0.3, -0.25) is 0 Å². The van der Waals surface area contributed by atoms with Crippen LogP contribution in [0.3, 0.4) is 0 Å². The lowest BCUT2D eigenvalue weighted by atomic mass is 10.1. The second-order valence-corrected chi connectivity index (χ2v) is 10.7. The average molecular weight is 299 g/mol. The maximum atomic E-state index is 6.34. The molecule has 0 aliphatic carbocycles. The molecule has 0 saturated heterocycles. The Kier molecular flexibility index (Phi) is 5.73. The molecule has 0 spiro atoms. The molecule has 0 aliphatic rings. The Morgan fingerprint density at radius 3 is 2.05 bits per heavy atom. The molecule has 1 N–H and O–H groups in total. The Bertz CT molecular complexity index is 522. The Balaban J connectivity index is 1.96. The fourth-order valence-electron chi connectivity index (χ4n) is 2.27. The van der Waals surface area contributed by atoms with Crippen molar-refractivity contribution in [3.8, 4) is 0 Å². The van der Waals surface area contributed by atoms with Crippen molar-refractivity contribution in [1.82, 2.24) is 5.32 Å². The predicted molar refractivity (Wildman–Crippen MR) is 91.8 cm³/mol. The molecule has 112 valence electrons. The van der Waals surface area contributed by atoms with Gasteiger partial charge in [0.15, 0.2) is 8.32 Å². The molecule has 0 aliphatic heterocycles. The lowest BCUT2D eigenvalue weighted by Gasteiger charge is -2.27. The summed E-state index contributed by atoms with van der Waals surface area (Å²) in [6.07, 6.45) is 0.126. The first-order chi connectivity index (χ1) is 10.0. The molecule has 0 radical (unpaired) electrons. The summed E-state index contributed by atoms with van der Waals surface area (Å²) in [5, 5.41) is 3.52. The van der Waals surface area contributed by atoms with Gasteiger partial charge in [0, 0.05) is 13.1 Å². The minimum absolute atomic E-state index is 0.126. The second-order valence-electron chi connectivity index (χ2n) is 6.25. The average Bonchev–Trinajstić information content (AvgIpc) is 2.47. The van der Waals surface area contributed by atoms with E-state index in [1.54, 1.807) is 0 Å². The van der Waals surface area contributed by atoms with Crippen LogP contribution in [0.25, 0.3) is 0 Å². The van der Waals surface area contributed by atoms with E-state index in [1.807, 2.05) is 12.1 Å². The normalized spacial score (nSPS) is 13.1. The highest BCUT2D eigenvalue weighted by molar-refractivity contribution is 6.69. The Hall–Kier alpha value is -1.42. The molecular formula is C18H25NOSi. The summed E-state index contributed by atoms with van der Waals surface area (Å²) in [6.45, 7) is 8.42. The van der Waals surface area contributed by atoms with Crippen LogP contribution in [0.1, 0.15) is 17.2 Å². The molecule has 2 rings (SSSR count). The maximum absolute atomic E-state index is 6.34. The first-order valence-corrected chi connectivity index (χ1v) is 10.9. The third-order valence-corrected chi connectivity index (χ3v) is 4.16. The summed E-state index contributed by atoms with van der Waals surface area (Å²) >= 11 is 0. The molecule has 0 saturated carbocycles. The Labute approximate surface area is 129 Å². The smallest absolute Gasteiger partial charge is 0.184 e. The number of rotatable bonds is 7. The van der Waals surface area contributed by atoms with E-state index in [0.29, 0.717) is 0 Å². The summed E-state index contributed by atoms with van der Waals surface area (Å²) in [5.41, 5.74) is 2.55. The van der Waals surface area contributed by atoms with Gasteiger partial charge in [-0.1, -0.05) is 60.7 Å². The van der Waals surface area contributed by atoms with E-state index < -0.39 is 8.32 Å². The number of hydrogen-bond donors (Lipinski definition) is 1. The van der Waals surface area contributed by atoms with E-state index in [9.17, 15) is 0 Å². The van der Waals surface area contributed by atoms with Crippen molar-refractivity contribution in [3.63, 3.8) is 0 Å². The number of benzene rings is 2. The van der Waals surface area contributed by atoms with Gasteiger partial charge in [-0.2, -0.15) is 0 Å². The molecule has 1 atom stereocenters. The topological polar surface area (TPSA) is 21.3 Å². The zero-order valence-electron chi connectivity index (χ0n) is 13.2. The Morgan fingerprint density at radius 2 is 1.48 bits per heavy atom. The molecule has 2 aromatic rings. The third kappa shape index (κ3) is 5.84. The lowest BCUT2D eigenvalue weighted by molar-refractivity contribution is 0.193. The molecule has 3 heteroatoms. The minimum atomic E-state index is -1.57. The van der Waals surface area contributed by atoms with Gasteiger partial charge in [0.25, 0.3) is 0 Å². The van der Waals surface area contributed by atoms with E-state index in [1.165, 1.54) is 11.1 Å². The number of nitrogens with one attached hydrogen (secondary N) is 1. The molecule has 2 nitrogen and oxygen atoms in total. The number of hydrogen-bond acceptors (Lipinski definition) is 2. The highest BCUT2D eigenvalue weighted by Crippen LogP contribution is 2.21. The molecule has 0 aromatic heterocycles. The molecule has 2 aromatic carbocycles. The van der Waals surface area contributed by atoms with Gasteiger partial charge >= 0.3 is 0 Å². The molecule has 21 heavy (non-hydrogen) atoms. The highest BCUT2D eigenvalue weighted by atomic mass is 28.4. The van der Waals surface area contributed by atoms with E-state index in [0.717, 1.165) is 13.1 Å². The Morgan fingerprint density at radius 1 is 0.905 bits per heavy atom. The molecule has 0 bridgehead atoms. The van der Waals surface area contributed by atoms with E-state index in [2.05, 4.69) is 73.5 Å². The first kappa shape index (κ1) is 16.0. The molecule has 0 fully saturated rings. The van der Waals surface area contributed by atoms with E-state index in [4.69, 9.17) is 4.43 Å². The predicted octanol–water partition coefficient (Wildman–Crippen LogP) is 4.37. The van der Waals surface area contributed by atoms with Gasteiger partial charge < -0.3 is 9.74 Å². The molecule has 0 amide bonds. The lowest BCUT2D eigenvalue weighted by Crippen LogP contribution is -2.33. The van der Waals surface area contributed by atoms with Crippen molar-refractivity contribution in [2.24, 2.45) is 0 Å². The van der Waals surface area contributed by atoms with Crippen molar-refractivity contribution >= 4 is 8.32 Å². The fraction of sp³-hybridized carbons (Fsp3) is 0.333. The van der Waals surface area contributed by atoms with Crippen LogP contribution in [0.5, 0.6) is 0 Å². The van der Waals surface area contributed by atoms with E-state index in [-0.39, 0.29) is 6.10 Å². The van der Waals surface area contributed by atoms with Crippen molar-refractivity contribution in [2.75, 3.05) is 6.54 Å². The molecular weight excluding hydrogens is 274 g/mol. The zero-order valence-corrected chi connectivity index (χ0v) is 14.2. The van der Waals surface area contributed by atoms with Crippen LogP contribution >= 0.6 is 0 Å². The highest BCUT2D eigenvalue weighted by Gasteiger charge is 2.22. The monoisotopic (exact) mass is 299 g/mol. The summed E-state index contributed by atoms with van der Waals surface area (Å²) < 4.78 is 6.34. The summed E-state index contributed by atoms with van der Waals surface area (Å²) in [5.74, 6) is 0. The maximum Gasteiger partial charge on any atom is 0.184 e.